The number of amides is 1. The number of pyridine rings is 1. The van der Waals surface area contributed by atoms with Crippen LogP contribution in [0.3, 0.4) is 0 Å². The van der Waals surface area contributed by atoms with Crippen molar-refractivity contribution < 1.29 is 9.53 Å². The van der Waals surface area contributed by atoms with Gasteiger partial charge in [0.05, 0.1) is 25.2 Å². The maximum Gasteiger partial charge on any atom is 0.222 e. The smallest absolute Gasteiger partial charge is 0.222 e. The Morgan fingerprint density at radius 3 is 3.17 bits per heavy atom. The Morgan fingerprint density at radius 1 is 1.46 bits per heavy atom. The summed E-state index contributed by atoms with van der Waals surface area (Å²) in [4.78, 5) is 22.9. The SMILES string of the molecule is CNc1cccc(C2CN(C(=O)CCCn3ccnc3)CCO2)n1. The van der Waals surface area contributed by atoms with Gasteiger partial charge in [0.1, 0.15) is 11.9 Å². The molecule has 3 heterocycles. The van der Waals surface area contributed by atoms with Gasteiger partial charge < -0.3 is 19.5 Å². The average molecular weight is 329 g/mol. The van der Waals surface area contributed by atoms with Crippen molar-refractivity contribution in [3.63, 3.8) is 0 Å². The fourth-order valence-electron chi connectivity index (χ4n) is 2.81. The molecule has 128 valence electrons. The van der Waals surface area contributed by atoms with E-state index in [1.807, 2.05) is 40.9 Å². The van der Waals surface area contributed by atoms with Gasteiger partial charge in [-0.15, -0.1) is 0 Å². The second-order valence-corrected chi connectivity index (χ2v) is 5.80. The fraction of sp³-hybridized carbons (Fsp3) is 0.471. The summed E-state index contributed by atoms with van der Waals surface area (Å²) in [7, 11) is 1.84. The molecule has 2 aromatic rings. The van der Waals surface area contributed by atoms with Crippen LogP contribution in [0.4, 0.5) is 5.82 Å². The van der Waals surface area contributed by atoms with Crippen molar-refractivity contribution in [2.75, 3.05) is 32.1 Å². The van der Waals surface area contributed by atoms with E-state index in [1.165, 1.54) is 0 Å². The van der Waals surface area contributed by atoms with Gasteiger partial charge >= 0.3 is 0 Å². The van der Waals surface area contributed by atoms with Crippen molar-refractivity contribution in [3.05, 3.63) is 42.6 Å². The van der Waals surface area contributed by atoms with Crippen LogP contribution in [-0.2, 0) is 16.1 Å². The minimum Gasteiger partial charge on any atom is -0.373 e. The Morgan fingerprint density at radius 2 is 2.38 bits per heavy atom. The molecule has 7 heteroatoms. The van der Waals surface area contributed by atoms with Crippen molar-refractivity contribution in [1.29, 1.82) is 0 Å². The van der Waals surface area contributed by atoms with Gasteiger partial charge in [-0.1, -0.05) is 6.07 Å². The zero-order chi connectivity index (χ0) is 16.8. The molecule has 1 unspecified atom stereocenters. The predicted octanol–water partition coefficient (Wildman–Crippen LogP) is 1.70. The van der Waals surface area contributed by atoms with E-state index >= 15 is 0 Å². The average Bonchev–Trinajstić information content (AvgIpc) is 3.15. The van der Waals surface area contributed by atoms with Gasteiger partial charge in [0, 0.05) is 39.0 Å². The van der Waals surface area contributed by atoms with Crippen LogP contribution in [0.2, 0.25) is 0 Å². The van der Waals surface area contributed by atoms with E-state index in [0.717, 1.165) is 24.5 Å². The van der Waals surface area contributed by atoms with Crippen LogP contribution in [0.5, 0.6) is 0 Å². The van der Waals surface area contributed by atoms with Crippen molar-refractivity contribution in [2.24, 2.45) is 0 Å². The Bertz CT molecular complexity index is 659. The predicted molar refractivity (Wildman–Crippen MR) is 90.5 cm³/mol. The number of nitrogens with zero attached hydrogens (tertiary/aromatic N) is 4. The Kier molecular flexibility index (Phi) is 5.43. The lowest BCUT2D eigenvalue weighted by molar-refractivity contribution is -0.139. The molecule has 1 saturated heterocycles. The van der Waals surface area contributed by atoms with Crippen molar-refractivity contribution in [3.8, 4) is 0 Å². The standard InChI is InChI=1S/C17H23N5O2/c1-18-16-5-2-4-14(20-16)15-12-22(10-11-24-15)17(23)6-3-8-21-9-7-19-13-21/h2,4-5,7,9,13,15H,3,6,8,10-12H2,1H3,(H,18,20). The number of rotatable bonds is 6. The van der Waals surface area contributed by atoms with Gasteiger partial charge in [-0.2, -0.15) is 0 Å². The first-order valence-corrected chi connectivity index (χ1v) is 8.26. The third kappa shape index (κ3) is 4.11. The topological polar surface area (TPSA) is 72.3 Å². The van der Waals surface area contributed by atoms with Crippen LogP contribution in [0.25, 0.3) is 0 Å². The van der Waals surface area contributed by atoms with Crippen molar-refractivity contribution in [2.45, 2.75) is 25.5 Å². The van der Waals surface area contributed by atoms with Gasteiger partial charge in [-0.3, -0.25) is 4.79 Å². The molecule has 0 saturated carbocycles. The quantitative estimate of drug-likeness (QED) is 0.873. The molecule has 1 amide bonds. The molecule has 0 spiro atoms. The van der Waals surface area contributed by atoms with E-state index in [0.29, 0.717) is 26.1 Å². The number of ether oxygens (including phenoxy) is 1. The van der Waals surface area contributed by atoms with Crippen LogP contribution in [0.1, 0.15) is 24.6 Å². The van der Waals surface area contributed by atoms with Crippen LogP contribution >= 0.6 is 0 Å². The summed E-state index contributed by atoms with van der Waals surface area (Å²) >= 11 is 0. The molecule has 1 N–H and O–H groups in total. The molecule has 0 aromatic carbocycles. The van der Waals surface area contributed by atoms with E-state index in [4.69, 9.17) is 4.74 Å². The summed E-state index contributed by atoms with van der Waals surface area (Å²) in [6, 6.07) is 5.80. The normalized spacial score (nSPS) is 17.7. The number of aryl methyl sites for hydroxylation is 1. The Hall–Kier alpha value is -2.41. The summed E-state index contributed by atoms with van der Waals surface area (Å²) < 4.78 is 7.80. The number of carbonyl (C=O) groups is 1. The number of aromatic nitrogens is 3. The molecule has 0 radical (unpaired) electrons. The van der Waals surface area contributed by atoms with Crippen LogP contribution in [0, 0.1) is 0 Å². The summed E-state index contributed by atoms with van der Waals surface area (Å²) in [6.07, 6.45) is 6.62. The minimum atomic E-state index is -0.162. The highest BCUT2D eigenvalue weighted by Crippen LogP contribution is 2.22. The second-order valence-electron chi connectivity index (χ2n) is 5.80. The Balaban J connectivity index is 1.53. The number of morpholine rings is 1. The molecular formula is C17H23N5O2. The van der Waals surface area contributed by atoms with E-state index in [1.54, 1.807) is 12.5 Å². The summed E-state index contributed by atoms with van der Waals surface area (Å²) in [5.41, 5.74) is 0.859. The lowest BCUT2D eigenvalue weighted by Crippen LogP contribution is -2.42. The molecule has 1 aliphatic rings. The van der Waals surface area contributed by atoms with Gasteiger partial charge in [0.2, 0.25) is 5.91 Å². The van der Waals surface area contributed by atoms with E-state index in [9.17, 15) is 4.79 Å². The summed E-state index contributed by atoms with van der Waals surface area (Å²) in [6.45, 7) is 2.56. The highest BCUT2D eigenvalue weighted by atomic mass is 16.5. The molecule has 1 atom stereocenters. The molecule has 3 rings (SSSR count). The largest absolute Gasteiger partial charge is 0.373 e. The molecular weight excluding hydrogens is 306 g/mol. The first-order chi connectivity index (χ1) is 11.8. The second kappa shape index (κ2) is 7.92. The molecule has 24 heavy (non-hydrogen) atoms. The zero-order valence-corrected chi connectivity index (χ0v) is 13.9. The molecule has 2 aromatic heterocycles. The maximum absolute atomic E-state index is 12.4. The highest BCUT2D eigenvalue weighted by Gasteiger charge is 2.26. The van der Waals surface area contributed by atoms with E-state index in [-0.39, 0.29) is 12.0 Å². The molecule has 0 aliphatic carbocycles. The third-order valence-corrected chi connectivity index (χ3v) is 4.14. The fourth-order valence-corrected chi connectivity index (χ4v) is 2.81. The molecule has 1 fully saturated rings. The third-order valence-electron chi connectivity index (χ3n) is 4.14. The molecule has 7 nitrogen and oxygen atoms in total. The lowest BCUT2D eigenvalue weighted by Gasteiger charge is -2.33. The monoisotopic (exact) mass is 329 g/mol. The first kappa shape index (κ1) is 16.4. The number of hydrogen-bond donors (Lipinski definition) is 1. The number of imidazole rings is 1. The molecule has 1 aliphatic heterocycles. The number of hydrogen-bond acceptors (Lipinski definition) is 5. The van der Waals surface area contributed by atoms with Crippen molar-refractivity contribution in [1.82, 2.24) is 19.4 Å². The highest BCUT2D eigenvalue weighted by molar-refractivity contribution is 5.76. The lowest BCUT2D eigenvalue weighted by atomic mass is 10.1. The molecule has 0 bridgehead atoms. The van der Waals surface area contributed by atoms with Gasteiger partial charge in [0.25, 0.3) is 0 Å². The summed E-state index contributed by atoms with van der Waals surface area (Å²) in [5.74, 6) is 0.980. The van der Waals surface area contributed by atoms with E-state index < -0.39 is 0 Å². The van der Waals surface area contributed by atoms with Gasteiger partial charge in [-0.25, -0.2) is 9.97 Å². The maximum atomic E-state index is 12.4. The van der Waals surface area contributed by atoms with Gasteiger partial charge in [0.15, 0.2) is 0 Å². The van der Waals surface area contributed by atoms with Gasteiger partial charge in [-0.05, 0) is 18.6 Å². The zero-order valence-electron chi connectivity index (χ0n) is 13.9. The number of anilines is 1. The van der Waals surface area contributed by atoms with Crippen LogP contribution in [-0.4, -0.2) is 52.1 Å². The van der Waals surface area contributed by atoms with E-state index in [2.05, 4.69) is 15.3 Å². The van der Waals surface area contributed by atoms with Crippen LogP contribution < -0.4 is 5.32 Å². The van der Waals surface area contributed by atoms with Crippen molar-refractivity contribution >= 4 is 11.7 Å². The number of carbonyl (C=O) groups excluding carboxylic acids is 1. The Labute approximate surface area is 141 Å². The van der Waals surface area contributed by atoms with Crippen LogP contribution in [0.15, 0.2) is 36.9 Å². The number of nitrogens with one attached hydrogen (secondary N) is 1. The first-order valence-electron chi connectivity index (χ1n) is 8.26. The minimum absolute atomic E-state index is 0.162. The summed E-state index contributed by atoms with van der Waals surface area (Å²) in [5, 5.41) is 3.03.